The van der Waals surface area contributed by atoms with E-state index in [1.165, 1.54) is 6.07 Å². The average Bonchev–Trinajstić information content (AvgIpc) is 3.38. The summed E-state index contributed by atoms with van der Waals surface area (Å²) in [6, 6.07) is 8.61. The standard InChI is InChI=1S/C19H19B2N3O3/c20-19(21,27-16-5-1-4-15(26)13(16)11-25)14-3-2-8-22-18(14)24-10-9-23-17(24)12-6-7-12/h1-5,8-12,26H,6-7,20-21H2. The van der Waals surface area contributed by atoms with Crippen LogP contribution in [-0.4, -0.2) is 41.6 Å². The maximum atomic E-state index is 11.4. The lowest BCUT2D eigenvalue weighted by molar-refractivity contribution is 0.111. The SMILES string of the molecule is BC(B)(Oc1cccc(O)c1C=O)c1cccnc1-n1ccnc1C1CC1. The van der Waals surface area contributed by atoms with Crippen LogP contribution in [0.25, 0.3) is 5.82 Å². The zero-order valence-electron chi connectivity index (χ0n) is 15.3. The number of carbonyl (C=O) groups is 1. The first-order valence-electron chi connectivity index (χ1n) is 8.96. The van der Waals surface area contributed by atoms with Crippen LogP contribution in [0, 0.1) is 0 Å². The zero-order valence-corrected chi connectivity index (χ0v) is 15.3. The number of hydrogen-bond acceptors (Lipinski definition) is 5. The molecule has 6 nitrogen and oxygen atoms in total. The molecule has 2 aromatic heterocycles. The third-order valence-corrected chi connectivity index (χ3v) is 4.80. The molecule has 0 amide bonds. The molecule has 3 aromatic rings. The van der Waals surface area contributed by atoms with Crippen LogP contribution in [0.15, 0.2) is 48.9 Å². The molecule has 0 saturated heterocycles. The molecule has 0 unspecified atom stereocenters. The molecule has 1 aliphatic carbocycles. The predicted octanol–water partition coefficient (Wildman–Crippen LogP) is 1.12. The van der Waals surface area contributed by atoms with E-state index >= 15 is 0 Å². The van der Waals surface area contributed by atoms with Gasteiger partial charge in [-0.3, -0.25) is 9.36 Å². The number of phenolic OH excluding ortho intramolecular Hbond substituents is 1. The van der Waals surface area contributed by atoms with Crippen molar-refractivity contribution in [2.24, 2.45) is 0 Å². The third kappa shape index (κ3) is 3.23. The fourth-order valence-electron chi connectivity index (χ4n) is 3.27. The minimum atomic E-state index is -0.791. The normalized spacial score (nSPS) is 14.1. The van der Waals surface area contributed by atoms with Gasteiger partial charge in [-0.1, -0.05) is 12.1 Å². The number of hydrogen-bond donors (Lipinski definition) is 1. The summed E-state index contributed by atoms with van der Waals surface area (Å²) in [5, 5.41) is 9.14. The highest BCUT2D eigenvalue weighted by atomic mass is 16.5. The van der Waals surface area contributed by atoms with Gasteiger partial charge in [0.1, 0.15) is 23.1 Å². The average molecular weight is 359 g/mol. The van der Waals surface area contributed by atoms with Crippen molar-refractivity contribution in [1.82, 2.24) is 14.5 Å². The van der Waals surface area contributed by atoms with E-state index in [1.54, 1.807) is 24.5 Å². The highest BCUT2D eigenvalue weighted by Gasteiger charge is 2.32. The van der Waals surface area contributed by atoms with Crippen LogP contribution in [0.1, 0.15) is 40.5 Å². The van der Waals surface area contributed by atoms with Crippen LogP contribution < -0.4 is 4.74 Å². The minimum Gasteiger partial charge on any atom is -0.507 e. The van der Waals surface area contributed by atoms with E-state index in [0.717, 1.165) is 30.0 Å². The number of phenols is 1. The molecule has 1 fully saturated rings. The summed E-state index contributed by atoms with van der Waals surface area (Å²) in [6.07, 6.45) is 8.35. The fourth-order valence-corrected chi connectivity index (χ4v) is 3.27. The van der Waals surface area contributed by atoms with Crippen LogP contribution in [0.4, 0.5) is 0 Å². The van der Waals surface area contributed by atoms with E-state index in [0.29, 0.717) is 18.0 Å². The molecule has 0 bridgehead atoms. The van der Waals surface area contributed by atoms with Crippen molar-refractivity contribution < 1.29 is 14.6 Å². The Morgan fingerprint density at radius 3 is 2.74 bits per heavy atom. The van der Waals surface area contributed by atoms with Gasteiger partial charge in [-0.05, 0) is 31.0 Å². The van der Waals surface area contributed by atoms with E-state index in [9.17, 15) is 9.90 Å². The van der Waals surface area contributed by atoms with E-state index in [-0.39, 0.29) is 11.3 Å². The Kier molecular flexibility index (Phi) is 4.26. The summed E-state index contributed by atoms with van der Waals surface area (Å²) >= 11 is 0. The van der Waals surface area contributed by atoms with E-state index in [1.807, 2.05) is 38.6 Å². The molecule has 1 N–H and O–H groups in total. The van der Waals surface area contributed by atoms with Crippen LogP contribution >= 0.6 is 0 Å². The van der Waals surface area contributed by atoms with Gasteiger partial charge in [0.15, 0.2) is 22.0 Å². The van der Waals surface area contributed by atoms with Gasteiger partial charge in [-0.25, -0.2) is 9.97 Å². The molecule has 0 spiro atoms. The van der Waals surface area contributed by atoms with Gasteiger partial charge in [0, 0.05) is 30.1 Å². The zero-order chi connectivity index (χ0) is 19.0. The summed E-state index contributed by atoms with van der Waals surface area (Å²) in [6.45, 7) is 0. The lowest BCUT2D eigenvalue weighted by Gasteiger charge is -2.30. The Bertz CT molecular complexity index is 999. The molecule has 0 aliphatic heterocycles. The summed E-state index contributed by atoms with van der Waals surface area (Å²) in [4.78, 5) is 20.5. The first-order chi connectivity index (χ1) is 13.0. The van der Waals surface area contributed by atoms with Crippen molar-refractivity contribution in [2.45, 2.75) is 24.2 Å². The Hall–Kier alpha value is -3.02. The molecule has 1 aromatic carbocycles. The van der Waals surface area contributed by atoms with Gasteiger partial charge in [-0.2, -0.15) is 0 Å². The number of rotatable bonds is 6. The fraction of sp³-hybridized carbons (Fsp3) is 0.211. The smallest absolute Gasteiger partial charge is 0.157 e. The number of nitrogens with zero attached hydrogens (tertiary/aromatic N) is 3. The van der Waals surface area contributed by atoms with Gasteiger partial charge >= 0.3 is 0 Å². The van der Waals surface area contributed by atoms with Crippen molar-refractivity contribution in [3.63, 3.8) is 0 Å². The van der Waals surface area contributed by atoms with Gasteiger partial charge in [0.05, 0.1) is 11.0 Å². The van der Waals surface area contributed by atoms with Crippen LogP contribution in [0.5, 0.6) is 11.5 Å². The molecule has 1 aliphatic rings. The van der Waals surface area contributed by atoms with Gasteiger partial charge in [0.2, 0.25) is 0 Å². The molecular formula is C19H19B2N3O3. The molecule has 0 radical (unpaired) electrons. The number of carbonyl (C=O) groups excluding carboxylic acids is 1. The molecule has 8 heteroatoms. The van der Waals surface area contributed by atoms with Crippen LogP contribution in [0.3, 0.4) is 0 Å². The van der Waals surface area contributed by atoms with Crippen molar-refractivity contribution in [2.75, 3.05) is 0 Å². The summed E-state index contributed by atoms with van der Waals surface area (Å²) < 4.78 is 8.20. The number of imidazole rings is 1. The second-order valence-corrected chi connectivity index (χ2v) is 7.22. The number of pyridine rings is 1. The maximum absolute atomic E-state index is 11.4. The number of benzene rings is 1. The van der Waals surface area contributed by atoms with E-state index in [2.05, 4.69) is 9.97 Å². The van der Waals surface area contributed by atoms with Crippen molar-refractivity contribution in [3.05, 3.63) is 65.9 Å². The maximum Gasteiger partial charge on any atom is 0.157 e. The second-order valence-electron chi connectivity index (χ2n) is 7.22. The molecule has 27 heavy (non-hydrogen) atoms. The quantitative estimate of drug-likeness (QED) is 0.527. The largest absolute Gasteiger partial charge is 0.507 e. The van der Waals surface area contributed by atoms with Crippen molar-refractivity contribution in [1.29, 1.82) is 0 Å². The number of ether oxygens (including phenoxy) is 1. The van der Waals surface area contributed by atoms with Crippen LogP contribution in [0.2, 0.25) is 0 Å². The van der Waals surface area contributed by atoms with E-state index in [4.69, 9.17) is 4.74 Å². The monoisotopic (exact) mass is 359 g/mol. The molecule has 1 saturated carbocycles. The van der Waals surface area contributed by atoms with Gasteiger partial charge < -0.3 is 9.84 Å². The lowest BCUT2D eigenvalue weighted by atomic mass is 9.61. The van der Waals surface area contributed by atoms with Crippen molar-refractivity contribution in [3.8, 4) is 17.3 Å². The Morgan fingerprint density at radius 1 is 1.19 bits per heavy atom. The Labute approximate surface area is 159 Å². The lowest BCUT2D eigenvalue weighted by Crippen LogP contribution is -2.36. The van der Waals surface area contributed by atoms with Gasteiger partial charge in [-0.15, -0.1) is 0 Å². The Balaban J connectivity index is 1.76. The predicted molar refractivity (Wildman–Crippen MR) is 106 cm³/mol. The summed E-state index contributed by atoms with van der Waals surface area (Å²) in [7, 11) is 3.83. The highest BCUT2D eigenvalue weighted by molar-refractivity contribution is 6.39. The molecular weight excluding hydrogens is 340 g/mol. The first-order valence-corrected chi connectivity index (χ1v) is 8.96. The van der Waals surface area contributed by atoms with Crippen molar-refractivity contribution >= 4 is 22.0 Å². The third-order valence-electron chi connectivity index (χ3n) is 4.80. The number of aromatic nitrogens is 3. The minimum absolute atomic E-state index is 0.102. The van der Waals surface area contributed by atoms with E-state index < -0.39 is 5.40 Å². The highest BCUT2D eigenvalue weighted by Crippen LogP contribution is 2.40. The summed E-state index contributed by atoms with van der Waals surface area (Å²) in [5.74, 6) is 2.48. The first kappa shape index (κ1) is 17.4. The van der Waals surface area contributed by atoms with Crippen LogP contribution in [-0.2, 0) is 5.40 Å². The molecule has 2 heterocycles. The molecule has 134 valence electrons. The second kappa shape index (κ2) is 6.61. The Morgan fingerprint density at radius 2 is 2.00 bits per heavy atom. The number of aldehydes is 1. The molecule has 4 rings (SSSR count). The topological polar surface area (TPSA) is 77.2 Å². The summed E-state index contributed by atoms with van der Waals surface area (Å²) in [5.41, 5.74) is 1.00. The number of aromatic hydroxyl groups is 1. The van der Waals surface area contributed by atoms with Gasteiger partial charge in [0.25, 0.3) is 0 Å². The molecule has 0 atom stereocenters.